The van der Waals surface area contributed by atoms with E-state index in [1.165, 1.54) is 4.90 Å². The number of carbonyl (C=O) groups is 2. The highest BCUT2D eigenvalue weighted by Crippen LogP contribution is 2.29. The van der Waals surface area contributed by atoms with Crippen molar-refractivity contribution < 1.29 is 28.9 Å². The topological polar surface area (TPSA) is 85.3 Å². The molecule has 0 spiro atoms. The molecule has 0 bridgehead atoms. The van der Waals surface area contributed by atoms with E-state index in [1.54, 1.807) is 27.5 Å². The Labute approximate surface area is 195 Å². The van der Waals surface area contributed by atoms with Crippen molar-refractivity contribution in [3.63, 3.8) is 0 Å². The van der Waals surface area contributed by atoms with Crippen LogP contribution in [0.4, 0.5) is 0 Å². The molecule has 7 atom stereocenters. The Bertz CT molecular complexity index is 553. The van der Waals surface area contributed by atoms with Gasteiger partial charge in [0.05, 0.1) is 24.2 Å². The fourth-order valence-corrected chi connectivity index (χ4v) is 3.86. The average molecular weight is 458 g/mol. The molecule has 0 aliphatic carbocycles. The minimum absolute atomic E-state index is 0.0153. The van der Waals surface area contributed by atoms with Gasteiger partial charge in [0.15, 0.2) is 0 Å². The van der Waals surface area contributed by atoms with Gasteiger partial charge in [-0.25, -0.2) is 0 Å². The number of nitrogens with zero attached hydrogens (tertiary/aromatic N) is 1. The normalized spacial score (nSPS) is 18.6. The number of methoxy groups -OCH3 is 2. The molecular weight excluding hydrogens is 410 g/mol. The quantitative estimate of drug-likeness (QED) is 0.262. The van der Waals surface area contributed by atoms with Crippen molar-refractivity contribution in [1.29, 1.82) is 0 Å². The highest BCUT2D eigenvalue weighted by Gasteiger charge is 2.33. The van der Waals surface area contributed by atoms with Crippen LogP contribution in [0.5, 0.6) is 0 Å². The van der Waals surface area contributed by atoms with Gasteiger partial charge in [-0.1, -0.05) is 47.6 Å². The molecule has 0 aromatic rings. The van der Waals surface area contributed by atoms with Gasteiger partial charge in [0.1, 0.15) is 6.10 Å². The van der Waals surface area contributed by atoms with E-state index in [2.05, 4.69) is 6.92 Å². The molecule has 7 heteroatoms. The summed E-state index contributed by atoms with van der Waals surface area (Å²) in [5.41, 5.74) is 0. The van der Waals surface area contributed by atoms with Crippen LogP contribution < -0.4 is 0 Å². The summed E-state index contributed by atoms with van der Waals surface area (Å²) in [7, 11) is 5.01. The van der Waals surface area contributed by atoms with Crippen LogP contribution in [-0.4, -0.2) is 68.1 Å². The predicted molar refractivity (Wildman–Crippen MR) is 127 cm³/mol. The molecule has 0 saturated heterocycles. The molecule has 0 radical (unpaired) electrons. The first kappa shape index (κ1) is 30.6. The maximum atomic E-state index is 12.4. The molecule has 188 valence electrons. The Morgan fingerprint density at radius 2 is 1.66 bits per heavy atom. The molecule has 0 rings (SSSR count). The Balaban J connectivity index is 5.42. The summed E-state index contributed by atoms with van der Waals surface area (Å²) in [6.45, 7) is 11.8. The van der Waals surface area contributed by atoms with Crippen LogP contribution in [0.2, 0.25) is 0 Å². The monoisotopic (exact) mass is 457 g/mol. The number of amides is 1. The second-order valence-electron chi connectivity index (χ2n) is 9.29. The standard InChI is InChI=1S/C25H47NO6/c1-10-21(28)15-23(30-8)18(4)11-12-22(32-25(29)17(2)3)20(6)24(31-9)19(5)13-14-26(7)16-27/h13-14,16-24,28H,10-12,15H2,1-9H3/b14-13+/t18-,19+,20-,21+,22+,23-,24+/m0/s1. The Morgan fingerprint density at radius 1 is 1.03 bits per heavy atom. The summed E-state index contributed by atoms with van der Waals surface area (Å²) in [5, 5.41) is 10.0. The fraction of sp³-hybridized carbons (Fsp3) is 0.840. The highest BCUT2D eigenvalue weighted by molar-refractivity contribution is 5.71. The van der Waals surface area contributed by atoms with Gasteiger partial charge in [-0.2, -0.15) is 0 Å². The number of hydrogen-bond donors (Lipinski definition) is 1. The van der Waals surface area contributed by atoms with Crippen molar-refractivity contribution >= 4 is 12.4 Å². The summed E-state index contributed by atoms with van der Waals surface area (Å²) >= 11 is 0. The second kappa shape index (κ2) is 16.2. The molecule has 7 nitrogen and oxygen atoms in total. The van der Waals surface area contributed by atoms with E-state index in [4.69, 9.17) is 14.2 Å². The predicted octanol–water partition coefficient (Wildman–Crippen LogP) is 4.04. The maximum absolute atomic E-state index is 12.4. The summed E-state index contributed by atoms with van der Waals surface area (Å²) in [6, 6.07) is 0. The third-order valence-corrected chi connectivity index (χ3v) is 6.24. The molecule has 0 unspecified atom stereocenters. The first-order valence-corrected chi connectivity index (χ1v) is 11.8. The second-order valence-corrected chi connectivity index (χ2v) is 9.29. The summed E-state index contributed by atoms with van der Waals surface area (Å²) in [4.78, 5) is 24.7. The van der Waals surface area contributed by atoms with Crippen LogP contribution in [0.25, 0.3) is 0 Å². The van der Waals surface area contributed by atoms with Crippen molar-refractivity contribution in [3.05, 3.63) is 12.3 Å². The van der Waals surface area contributed by atoms with Gasteiger partial charge in [0.2, 0.25) is 6.41 Å². The fourth-order valence-electron chi connectivity index (χ4n) is 3.86. The lowest BCUT2D eigenvalue weighted by atomic mass is 9.84. The molecule has 0 saturated carbocycles. The van der Waals surface area contributed by atoms with Crippen molar-refractivity contribution in [1.82, 2.24) is 4.90 Å². The number of rotatable bonds is 17. The Kier molecular flexibility index (Phi) is 15.5. The van der Waals surface area contributed by atoms with E-state index in [0.29, 0.717) is 19.3 Å². The number of aliphatic hydroxyl groups is 1. The number of aliphatic hydroxyl groups excluding tert-OH is 1. The molecule has 0 aliphatic heterocycles. The zero-order chi connectivity index (χ0) is 24.8. The zero-order valence-electron chi connectivity index (χ0n) is 21.6. The molecule has 1 N–H and O–H groups in total. The minimum atomic E-state index is -0.383. The van der Waals surface area contributed by atoms with Crippen molar-refractivity contribution in [2.45, 2.75) is 91.6 Å². The van der Waals surface area contributed by atoms with Gasteiger partial charge in [-0.15, -0.1) is 0 Å². The van der Waals surface area contributed by atoms with Crippen LogP contribution in [0.1, 0.15) is 67.2 Å². The lowest BCUT2D eigenvalue weighted by Crippen LogP contribution is -2.39. The van der Waals surface area contributed by atoms with E-state index in [-0.39, 0.29) is 54.1 Å². The third-order valence-electron chi connectivity index (χ3n) is 6.24. The molecule has 0 aromatic heterocycles. The smallest absolute Gasteiger partial charge is 0.308 e. The maximum Gasteiger partial charge on any atom is 0.308 e. The first-order chi connectivity index (χ1) is 15.0. The Hall–Kier alpha value is -1.44. The van der Waals surface area contributed by atoms with E-state index >= 15 is 0 Å². The number of esters is 1. The van der Waals surface area contributed by atoms with Crippen LogP contribution in [0, 0.1) is 23.7 Å². The molecule has 0 heterocycles. The van der Waals surface area contributed by atoms with Crippen LogP contribution in [0.3, 0.4) is 0 Å². The number of hydrogen-bond acceptors (Lipinski definition) is 6. The summed E-state index contributed by atoms with van der Waals surface area (Å²) in [6.07, 6.45) is 6.20. The summed E-state index contributed by atoms with van der Waals surface area (Å²) < 4.78 is 17.4. The number of ether oxygens (including phenoxy) is 3. The minimum Gasteiger partial charge on any atom is -0.462 e. The van der Waals surface area contributed by atoms with Gasteiger partial charge < -0.3 is 24.2 Å². The van der Waals surface area contributed by atoms with Crippen molar-refractivity contribution in [3.8, 4) is 0 Å². The molecule has 1 amide bonds. The lowest BCUT2D eigenvalue weighted by molar-refractivity contribution is -0.159. The van der Waals surface area contributed by atoms with Gasteiger partial charge in [0.25, 0.3) is 0 Å². The SMILES string of the molecule is CC[C@@H](O)C[C@H](OC)[C@@H](C)CC[C@@H](OC(=O)C(C)C)[C@H](C)[C@H](OC)[C@H](C)/C=C/N(C)C=O. The van der Waals surface area contributed by atoms with E-state index in [1.807, 2.05) is 40.7 Å². The van der Waals surface area contributed by atoms with E-state index in [0.717, 1.165) is 12.8 Å². The van der Waals surface area contributed by atoms with Gasteiger partial charge in [0, 0.05) is 39.3 Å². The van der Waals surface area contributed by atoms with Gasteiger partial charge in [-0.3, -0.25) is 9.59 Å². The molecule has 32 heavy (non-hydrogen) atoms. The first-order valence-electron chi connectivity index (χ1n) is 11.8. The van der Waals surface area contributed by atoms with E-state index < -0.39 is 0 Å². The average Bonchev–Trinajstić information content (AvgIpc) is 2.77. The highest BCUT2D eigenvalue weighted by atomic mass is 16.5. The Morgan fingerprint density at radius 3 is 2.12 bits per heavy atom. The largest absolute Gasteiger partial charge is 0.462 e. The zero-order valence-corrected chi connectivity index (χ0v) is 21.6. The third kappa shape index (κ3) is 10.9. The number of carbonyl (C=O) groups excluding carboxylic acids is 2. The van der Waals surface area contributed by atoms with Crippen LogP contribution >= 0.6 is 0 Å². The molecular formula is C25H47NO6. The van der Waals surface area contributed by atoms with Crippen LogP contribution in [0.15, 0.2) is 12.3 Å². The van der Waals surface area contributed by atoms with Crippen molar-refractivity contribution in [2.75, 3.05) is 21.3 Å². The van der Waals surface area contributed by atoms with Crippen molar-refractivity contribution in [2.24, 2.45) is 23.7 Å². The summed E-state index contributed by atoms with van der Waals surface area (Å²) in [5.74, 6) is -0.279. The van der Waals surface area contributed by atoms with Crippen LogP contribution in [-0.2, 0) is 23.8 Å². The van der Waals surface area contributed by atoms with Gasteiger partial charge >= 0.3 is 5.97 Å². The van der Waals surface area contributed by atoms with Gasteiger partial charge in [-0.05, 0) is 31.6 Å². The molecule has 0 aromatic carbocycles. The van der Waals surface area contributed by atoms with E-state index in [9.17, 15) is 14.7 Å². The molecule has 0 fully saturated rings. The molecule has 0 aliphatic rings. The lowest BCUT2D eigenvalue weighted by Gasteiger charge is -2.34.